The number of nitrogens with zero attached hydrogens (tertiary/aromatic N) is 2. The maximum absolute atomic E-state index is 6.25. The molecule has 0 radical (unpaired) electrons. The smallest absolute Gasteiger partial charge is 0.103 e. The maximum Gasteiger partial charge on any atom is 0.103 e. The molecule has 0 saturated heterocycles. The summed E-state index contributed by atoms with van der Waals surface area (Å²) in [6.45, 7) is 7.16. The average molecular weight is 310 g/mol. The van der Waals surface area contributed by atoms with Crippen molar-refractivity contribution in [3.05, 3.63) is 40.5 Å². The van der Waals surface area contributed by atoms with Gasteiger partial charge >= 0.3 is 0 Å². The first-order valence-corrected chi connectivity index (χ1v) is 7.86. The standard InChI is InChI=1S/C15H20ClN3S/c1-10(2)17-9-12-11(3)18-19(4)15(12)20-14-8-6-5-7-13(14)16/h5-8,10,17H,9H2,1-4H3. The van der Waals surface area contributed by atoms with Crippen LogP contribution < -0.4 is 5.32 Å². The van der Waals surface area contributed by atoms with Crippen LogP contribution in [0.15, 0.2) is 34.2 Å². The van der Waals surface area contributed by atoms with Crippen molar-refractivity contribution in [1.82, 2.24) is 15.1 Å². The highest BCUT2D eigenvalue weighted by molar-refractivity contribution is 7.99. The Morgan fingerprint density at radius 3 is 2.70 bits per heavy atom. The summed E-state index contributed by atoms with van der Waals surface area (Å²) in [7, 11) is 1.98. The summed E-state index contributed by atoms with van der Waals surface area (Å²) >= 11 is 7.92. The van der Waals surface area contributed by atoms with Gasteiger partial charge < -0.3 is 5.32 Å². The van der Waals surface area contributed by atoms with E-state index in [0.29, 0.717) is 6.04 Å². The van der Waals surface area contributed by atoms with Gasteiger partial charge in [-0.05, 0) is 19.1 Å². The summed E-state index contributed by atoms with van der Waals surface area (Å²) in [5, 5.41) is 9.90. The molecule has 0 bridgehead atoms. The highest BCUT2D eigenvalue weighted by atomic mass is 35.5. The number of nitrogens with one attached hydrogen (secondary N) is 1. The second kappa shape index (κ2) is 6.66. The van der Waals surface area contributed by atoms with Crippen LogP contribution in [0.3, 0.4) is 0 Å². The molecule has 0 amide bonds. The molecule has 2 aromatic rings. The first-order valence-electron chi connectivity index (χ1n) is 6.67. The molecule has 1 aromatic carbocycles. The van der Waals surface area contributed by atoms with E-state index in [1.54, 1.807) is 11.8 Å². The molecule has 0 aliphatic rings. The first kappa shape index (κ1) is 15.4. The molecule has 0 saturated carbocycles. The van der Waals surface area contributed by atoms with Gasteiger partial charge in [0, 0.05) is 30.1 Å². The molecule has 0 aliphatic carbocycles. The van der Waals surface area contributed by atoms with Crippen LogP contribution in [-0.4, -0.2) is 15.8 Å². The highest BCUT2D eigenvalue weighted by Gasteiger charge is 2.15. The van der Waals surface area contributed by atoms with E-state index in [1.165, 1.54) is 5.56 Å². The van der Waals surface area contributed by atoms with E-state index in [0.717, 1.165) is 27.2 Å². The van der Waals surface area contributed by atoms with Crippen molar-refractivity contribution in [2.24, 2.45) is 7.05 Å². The molecular formula is C15H20ClN3S. The van der Waals surface area contributed by atoms with E-state index in [1.807, 2.05) is 42.9 Å². The van der Waals surface area contributed by atoms with Gasteiger partial charge in [0.15, 0.2) is 0 Å². The predicted molar refractivity (Wildman–Crippen MR) is 85.5 cm³/mol. The third kappa shape index (κ3) is 3.57. The molecule has 0 aliphatic heterocycles. The zero-order valence-electron chi connectivity index (χ0n) is 12.3. The van der Waals surface area contributed by atoms with Crippen molar-refractivity contribution in [3.63, 3.8) is 0 Å². The van der Waals surface area contributed by atoms with Gasteiger partial charge in [0.1, 0.15) is 5.03 Å². The number of aryl methyl sites for hydroxylation is 2. The van der Waals surface area contributed by atoms with Gasteiger partial charge in [-0.1, -0.05) is 49.3 Å². The average Bonchev–Trinajstić information content (AvgIpc) is 2.64. The van der Waals surface area contributed by atoms with Crippen LogP contribution in [0.2, 0.25) is 5.02 Å². The number of rotatable bonds is 5. The minimum Gasteiger partial charge on any atom is -0.310 e. The van der Waals surface area contributed by atoms with Crippen molar-refractivity contribution in [2.45, 2.75) is 43.3 Å². The van der Waals surface area contributed by atoms with Crippen LogP contribution in [0.25, 0.3) is 0 Å². The van der Waals surface area contributed by atoms with Gasteiger partial charge in [0.25, 0.3) is 0 Å². The molecule has 0 fully saturated rings. The third-order valence-electron chi connectivity index (χ3n) is 3.02. The van der Waals surface area contributed by atoms with E-state index in [4.69, 9.17) is 11.6 Å². The van der Waals surface area contributed by atoms with E-state index in [9.17, 15) is 0 Å². The predicted octanol–water partition coefficient (Wildman–Crippen LogP) is 4.03. The molecule has 5 heteroatoms. The Balaban J connectivity index is 2.29. The molecule has 0 atom stereocenters. The fraction of sp³-hybridized carbons (Fsp3) is 0.400. The van der Waals surface area contributed by atoms with Crippen molar-refractivity contribution in [3.8, 4) is 0 Å². The van der Waals surface area contributed by atoms with Crippen LogP contribution in [0, 0.1) is 6.92 Å². The lowest BCUT2D eigenvalue weighted by Crippen LogP contribution is -2.22. The molecule has 3 nitrogen and oxygen atoms in total. The zero-order valence-corrected chi connectivity index (χ0v) is 13.8. The van der Waals surface area contributed by atoms with Crippen molar-refractivity contribution >= 4 is 23.4 Å². The Morgan fingerprint density at radius 1 is 1.35 bits per heavy atom. The van der Waals surface area contributed by atoms with E-state index in [-0.39, 0.29) is 0 Å². The number of hydrogen-bond acceptors (Lipinski definition) is 3. The lowest BCUT2D eigenvalue weighted by atomic mass is 10.2. The fourth-order valence-corrected chi connectivity index (χ4v) is 3.24. The topological polar surface area (TPSA) is 29.9 Å². The number of halogens is 1. The second-order valence-electron chi connectivity index (χ2n) is 5.06. The van der Waals surface area contributed by atoms with Crippen LogP contribution in [0.4, 0.5) is 0 Å². The molecule has 108 valence electrons. The van der Waals surface area contributed by atoms with E-state index >= 15 is 0 Å². The summed E-state index contributed by atoms with van der Waals surface area (Å²) in [5.41, 5.74) is 2.31. The molecule has 1 N–H and O–H groups in total. The van der Waals surface area contributed by atoms with Gasteiger partial charge in [-0.3, -0.25) is 4.68 Å². The van der Waals surface area contributed by atoms with Gasteiger partial charge in [-0.25, -0.2) is 0 Å². The molecule has 2 rings (SSSR count). The highest BCUT2D eigenvalue weighted by Crippen LogP contribution is 2.35. The number of benzene rings is 1. The van der Waals surface area contributed by atoms with Gasteiger partial charge in [-0.2, -0.15) is 5.10 Å². The lowest BCUT2D eigenvalue weighted by Gasteiger charge is -2.10. The largest absolute Gasteiger partial charge is 0.310 e. The Kier molecular flexibility index (Phi) is 5.13. The van der Waals surface area contributed by atoms with Crippen molar-refractivity contribution < 1.29 is 0 Å². The molecule has 0 spiro atoms. The molecule has 0 unspecified atom stereocenters. The first-order chi connectivity index (χ1) is 9.49. The summed E-state index contributed by atoms with van der Waals surface area (Å²) in [4.78, 5) is 1.06. The molecular weight excluding hydrogens is 290 g/mol. The lowest BCUT2D eigenvalue weighted by molar-refractivity contribution is 0.580. The van der Waals surface area contributed by atoms with Crippen LogP contribution >= 0.6 is 23.4 Å². The van der Waals surface area contributed by atoms with Crippen LogP contribution in [0.5, 0.6) is 0 Å². The van der Waals surface area contributed by atoms with Crippen LogP contribution in [-0.2, 0) is 13.6 Å². The number of aromatic nitrogens is 2. The summed E-state index contributed by atoms with van der Waals surface area (Å²) in [6.07, 6.45) is 0. The molecule has 1 aromatic heterocycles. The zero-order chi connectivity index (χ0) is 14.7. The van der Waals surface area contributed by atoms with E-state index < -0.39 is 0 Å². The minimum absolute atomic E-state index is 0.452. The fourth-order valence-electron chi connectivity index (χ4n) is 1.95. The second-order valence-corrected chi connectivity index (χ2v) is 6.50. The normalized spacial score (nSPS) is 11.3. The van der Waals surface area contributed by atoms with E-state index in [2.05, 4.69) is 24.3 Å². The summed E-state index contributed by atoms with van der Waals surface area (Å²) in [6, 6.07) is 8.35. The number of hydrogen-bond donors (Lipinski definition) is 1. The Labute approximate surface area is 129 Å². The van der Waals surface area contributed by atoms with Gasteiger partial charge in [-0.15, -0.1) is 0 Å². The minimum atomic E-state index is 0.452. The molecule has 1 heterocycles. The molecule has 20 heavy (non-hydrogen) atoms. The van der Waals surface area contributed by atoms with Crippen molar-refractivity contribution in [2.75, 3.05) is 0 Å². The quantitative estimate of drug-likeness (QED) is 0.904. The SMILES string of the molecule is Cc1nn(C)c(Sc2ccccc2Cl)c1CNC(C)C. The Bertz CT molecular complexity index is 593. The van der Waals surface area contributed by atoms with Crippen molar-refractivity contribution in [1.29, 1.82) is 0 Å². The summed E-state index contributed by atoms with van der Waals surface area (Å²) in [5.74, 6) is 0. The third-order valence-corrected chi connectivity index (χ3v) is 4.74. The summed E-state index contributed by atoms with van der Waals surface area (Å²) < 4.78 is 1.93. The van der Waals surface area contributed by atoms with Gasteiger partial charge in [0.05, 0.1) is 10.7 Å². The monoisotopic (exact) mass is 309 g/mol. The van der Waals surface area contributed by atoms with Crippen LogP contribution in [0.1, 0.15) is 25.1 Å². The Morgan fingerprint density at radius 2 is 2.05 bits per heavy atom. The van der Waals surface area contributed by atoms with Gasteiger partial charge in [0.2, 0.25) is 0 Å². The Hall–Kier alpha value is -0.970. The maximum atomic E-state index is 6.25.